The van der Waals surface area contributed by atoms with Crippen LogP contribution in [0.2, 0.25) is 0 Å². The van der Waals surface area contributed by atoms with Crippen LogP contribution in [-0.2, 0) is 14.4 Å². The van der Waals surface area contributed by atoms with E-state index in [0.29, 0.717) is 18.7 Å². The van der Waals surface area contributed by atoms with Crippen molar-refractivity contribution in [3.05, 3.63) is 24.3 Å². The van der Waals surface area contributed by atoms with E-state index in [4.69, 9.17) is 9.84 Å². The van der Waals surface area contributed by atoms with E-state index in [9.17, 15) is 14.4 Å². The molecule has 2 N–H and O–H groups in total. The van der Waals surface area contributed by atoms with Crippen LogP contribution in [0.15, 0.2) is 24.3 Å². The van der Waals surface area contributed by atoms with E-state index in [1.54, 1.807) is 50.1 Å². The molecule has 1 unspecified atom stereocenters. The van der Waals surface area contributed by atoms with Gasteiger partial charge in [-0.3, -0.25) is 14.4 Å². The molecule has 1 heterocycles. The quantitative estimate of drug-likeness (QED) is 0.783. The van der Waals surface area contributed by atoms with Crippen LogP contribution in [0.4, 0.5) is 5.69 Å². The van der Waals surface area contributed by atoms with Gasteiger partial charge in [-0.25, -0.2) is 0 Å². The summed E-state index contributed by atoms with van der Waals surface area (Å²) < 4.78 is 5.10. The highest BCUT2D eigenvalue weighted by atomic mass is 16.5. The van der Waals surface area contributed by atoms with Gasteiger partial charge in [0, 0.05) is 30.6 Å². The molecule has 1 aromatic rings. The van der Waals surface area contributed by atoms with E-state index in [2.05, 4.69) is 5.32 Å². The number of carbonyl (C=O) groups excluding carboxylic acids is 2. The summed E-state index contributed by atoms with van der Waals surface area (Å²) in [6.45, 7) is 3.88. The largest absolute Gasteiger partial charge is 0.497 e. The second-order valence-electron chi connectivity index (χ2n) is 6.87. The Hall–Kier alpha value is -2.57. The highest BCUT2D eigenvalue weighted by Gasteiger charge is 2.36. The molecule has 1 aromatic carbocycles. The lowest BCUT2D eigenvalue weighted by Gasteiger charge is -2.27. The van der Waals surface area contributed by atoms with Crippen LogP contribution in [0.25, 0.3) is 0 Å². The van der Waals surface area contributed by atoms with Crippen LogP contribution >= 0.6 is 0 Å². The molecule has 7 nitrogen and oxygen atoms in total. The maximum atomic E-state index is 12.5. The number of rotatable bonds is 7. The Labute approximate surface area is 147 Å². The molecular weight excluding hydrogens is 324 g/mol. The van der Waals surface area contributed by atoms with Crippen molar-refractivity contribution in [1.82, 2.24) is 5.32 Å². The van der Waals surface area contributed by atoms with E-state index in [1.165, 1.54) is 0 Å². The lowest BCUT2D eigenvalue weighted by molar-refractivity contribution is -0.138. The average Bonchev–Trinajstić information content (AvgIpc) is 2.95. The first kappa shape index (κ1) is 18.8. The summed E-state index contributed by atoms with van der Waals surface area (Å²) in [7, 11) is 1.57. The average molecular weight is 348 g/mol. The first-order valence-corrected chi connectivity index (χ1v) is 8.20. The van der Waals surface area contributed by atoms with Gasteiger partial charge in [-0.15, -0.1) is 0 Å². The zero-order chi connectivity index (χ0) is 18.6. The van der Waals surface area contributed by atoms with Crippen LogP contribution in [0, 0.1) is 5.92 Å². The Morgan fingerprint density at radius 3 is 2.52 bits per heavy atom. The Kier molecular flexibility index (Phi) is 5.66. The van der Waals surface area contributed by atoms with Crippen molar-refractivity contribution >= 4 is 23.5 Å². The minimum atomic E-state index is -0.899. The number of carboxylic acids is 1. The van der Waals surface area contributed by atoms with Crippen LogP contribution < -0.4 is 15.0 Å². The van der Waals surface area contributed by atoms with Crippen molar-refractivity contribution in [2.75, 3.05) is 18.6 Å². The molecule has 1 saturated heterocycles. The molecule has 1 aliphatic heterocycles. The highest BCUT2D eigenvalue weighted by Crippen LogP contribution is 2.27. The predicted molar refractivity (Wildman–Crippen MR) is 92.5 cm³/mol. The number of amides is 2. The Balaban J connectivity index is 1.98. The van der Waals surface area contributed by atoms with Gasteiger partial charge in [0.2, 0.25) is 11.8 Å². The third-order valence-electron chi connectivity index (χ3n) is 4.31. The fraction of sp³-hybridized carbons (Fsp3) is 0.500. The number of anilines is 1. The van der Waals surface area contributed by atoms with Crippen molar-refractivity contribution in [1.29, 1.82) is 0 Å². The van der Waals surface area contributed by atoms with Crippen molar-refractivity contribution in [2.45, 2.75) is 38.6 Å². The molecule has 1 atom stereocenters. The summed E-state index contributed by atoms with van der Waals surface area (Å²) in [5, 5.41) is 11.6. The highest BCUT2D eigenvalue weighted by molar-refractivity contribution is 6.00. The summed E-state index contributed by atoms with van der Waals surface area (Å²) in [5.41, 5.74) is 0.0951. The second-order valence-corrected chi connectivity index (χ2v) is 6.87. The topological polar surface area (TPSA) is 95.9 Å². The molecule has 0 spiro atoms. The molecule has 0 bridgehead atoms. The minimum Gasteiger partial charge on any atom is -0.497 e. The third kappa shape index (κ3) is 4.95. The number of nitrogens with one attached hydrogen (secondary N) is 1. The molecule has 136 valence electrons. The van der Waals surface area contributed by atoms with Crippen LogP contribution in [0.1, 0.15) is 33.1 Å². The normalized spacial score (nSPS) is 17.5. The van der Waals surface area contributed by atoms with E-state index in [-0.39, 0.29) is 24.7 Å². The predicted octanol–water partition coefficient (Wildman–Crippen LogP) is 1.81. The smallest absolute Gasteiger partial charge is 0.303 e. The summed E-state index contributed by atoms with van der Waals surface area (Å²) in [4.78, 5) is 37.0. The maximum Gasteiger partial charge on any atom is 0.303 e. The minimum absolute atomic E-state index is 0.0190. The van der Waals surface area contributed by atoms with Gasteiger partial charge in [-0.1, -0.05) is 0 Å². The van der Waals surface area contributed by atoms with E-state index >= 15 is 0 Å². The molecule has 0 aromatic heterocycles. The fourth-order valence-corrected chi connectivity index (χ4v) is 2.81. The number of hydrogen-bond donors (Lipinski definition) is 2. The summed E-state index contributed by atoms with van der Waals surface area (Å²) in [6.07, 6.45) is 0.457. The van der Waals surface area contributed by atoms with Gasteiger partial charge < -0.3 is 20.1 Å². The molecular formula is C18H24N2O5. The third-order valence-corrected chi connectivity index (χ3v) is 4.31. The number of hydrogen-bond acceptors (Lipinski definition) is 4. The molecule has 0 aliphatic carbocycles. The first-order chi connectivity index (χ1) is 11.7. The molecule has 7 heteroatoms. The molecule has 2 rings (SSSR count). The monoisotopic (exact) mass is 348 g/mol. The summed E-state index contributed by atoms with van der Waals surface area (Å²) in [5.74, 6) is -0.971. The van der Waals surface area contributed by atoms with Gasteiger partial charge >= 0.3 is 5.97 Å². The van der Waals surface area contributed by atoms with Gasteiger partial charge in [0.1, 0.15) is 5.75 Å². The number of aliphatic carboxylic acids is 1. The van der Waals surface area contributed by atoms with Crippen LogP contribution in [0.5, 0.6) is 5.75 Å². The zero-order valence-electron chi connectivity index (χ0n) is 14.7. The molecule has 2 amide bonds. The van der Waals surface area contributed by atoms with Crippen LogP contribution in [-0.4, -0.2) is 42.1 Å². The lowest BCUT2D eigenvalue weighted by Crippen LogP contribution is -2.46. The van der Waals surface area contributed by atoms with Gasteiger partial charge in [-0.05, 0) is 44.5 Å². The van der Waals surface area contributed by atoms with Crippen molar-refractivity contribution in [3.63, 3.8) is 0 Å². The van der Waals surface area contributed by atoms with Gasteiger partial charge in [-0.2, -0.15) is 0 Å². The number of ether oxygens (including phenoxy) is 1. The van der Waals surface area contributed by atoms with E-state index < -0.39 is 17.4 Å². The Morgan fingerprint density at radius 1 is 1.32 bits per heavy atom. The zero-order valence-corrected chi connectivity index (χ0v) is 14.7. The molecule has 1 aliphatic rings. The van der Waals surface area contributed by atoms with Gasteiger partial charge in [0.25, 0.3) is 0 Å². The SMILES string of the molecule is COc1ccc(N2CC(C(=O)NC(C)(C)CCC(=O)O)CC2=O)cc1. The Morgan fingerprint density at radius 2 is 1.96 bits per heavy atom. The number of carbonyl (C=O) groups is 3. The van der Waals surface area contributed by atoms with E-state index in [0.717, 1.165) is 5.69 Å². The molecule has 0 saturated carbocycles. The number of methoxy groups -OCH3 is 1. The number of carboxylic acid groups (broad SMARTS) is 1. The lowest BCUT2D eigenvalue weighted by atomic mass is 9.96. The number of nitrogens with zero attached hydrogens (tertiary/aromatic N) is 1. The van der Waals surface area contributed by atoms with E-state index in [1.807, 2.05) is 0 Å². The molecule has 25 heavy (non-hydrogen) atoms. The van der Waals surface area contributed by atoms with Gasteiger partial charge in [0.05, 0.1) is 13.0 Å². The Bertz CT molecular complexity index is 654. The number of benzene rings is 1. The van der Waals surface area contributed by atoms with Crippen LogP contribution in [0.3, 0.4) is 0 Å². The molecule has 0 radical (unpaired) electrons. The molecule has 1 fully saturated rings. The summed E-state index contributed by atoms with van der Waals surface area (Å²) >= 11 is 0. The maximum absolute atomic E-state index is 12.5. The van der Waals surface area contributed by atoms with Gasteiger partial charge in [0.15, 0.2) is 0 Å². The van der Waals surface area contributed by atoms with Crippen molar-refractivity contribution in [3.8, 4) is 5.75 Å². The van der Waals surface area contributed by atoms with Crippen molar-refractivity contribution < 1.29 is 24.2 Å². The standard InChI is InChI=1S/C18H24N2O5/c1-18(2,9-8-16(22)23)19-17(24)12-10-15(21)20(11-12)13-4-6-14(25-3)7-5-13/h4-7,12H,8-11H2,1-3H3,(H,19,24)(H,22,23). The fourth-order valence-electron chi connectivity index (χ4n) is 2.81. The second kappa shape index (κ2) is 7.55. The summed E-state index contributed by atoms with van der Waals surface area (Å²) in [6, 6.07) is 7.11. The van der Waals surface area contributed by atoms with Crippen molar-refractivity contribution in [2.24, 2.45) is 5.92 Å². The first-order valence-electron chi connectivity index (χ1n) is 8.20.